The van der Waals surface area contributed by atoms with Crippen LogP contribution in [0.25, 0.3) is 0 Å². The van der Waals surface area contributed by atoms with E-state index in [1.165, 1.54) is 0 Å². The predicted octanol–water partition coefficient (Wildman–Crippen LogP) is 1.87. The molecule has 1 atom stereocenters. The van der Waals surface area contributed by atoms with E-state index in [0.717, 1.165) is 23.7 Å². The van der Waals surface area contributed by atoms with Crippen LogP contribution < -0.4 is 15.0 Å². The van der Waals surface area contributed by atoms with Gasteiger partial charge >= 0.3 is 6.03 Å². The van der Waals surface area contributed by atoms with Crippen molar-refractivity contribution >= 4 is 17.7 Å². The Labute approximate surface area is 147 Å². The highest BCUT2D eigenvalue weighted by atomic mass is 16.5. The Morgan fingerprint density at radius 1 is 1.44 bits per heavy atom. The molecular formula is C17H24N6O2. The SMILES string of the molecule is Cc1cc(NC(=O)N2CC[C@@H](Oc3cccnc3N(C)C)C2)nn1C. The number of aryl methyl sites for hydroxylation is 2. The number of likely N-dealkylation sites (tertiary alicyclic amines) is 1. The van der Waals surface area contributed by atoms with Crippen LogP contribution in [-0.2, 0) is 7.05 Å². The molecule has 3 heterocycles. The number of aromatic nitrogens is 3. The molecule has 134 valence electrons. The van der Waals surface area contributed by atoms with Crippen molar-refractivity contribution in [3.8, 4) is 5.75 Å². The lowest BCUT2D eigenvalue weighted by Crippen LogP contribution is -2.34. The van der Waals surface area contributed by atoms with Crippen LogP contribution in [0.4, 0.5) is 16.4 Å². The van der Waals surface area contributed by atoms with E-state index in [9.17, 15) is 4.79 Å². The largest absolute Gasteiger partial charge is 0.485 e. The maximum atomic E-state index is 12.4. The van der Waals surface area contributed by atoms with Crippen molar-refractivity contribution < 1.29 is 9.53 Å². The fourth-order valence-corrected chi connectivity index (χ4v) is 2.81. The first-order chi connectivity index (χ1) is 11.9. The van der Waals surface area contributed by atoms with E-state index in [0.29, 0.717) is 18.9 Å². The summed E-state index contributed by atoms with van der Waals surface area (Å²) in [5.74, 6) is 2.09. The standard InChI is InChI=1S/C17H24N6O2/c1-12-10-15(20-22(12)4)19-17(24)23-9-7-13(11-23)25-14-6-5-8-18-16(14)21(2)3/h5-6,8,10,13H,7,9,11H2,1-4H3,(H,19,20,24)/t13-/m1/s1. The summed E-state index contributed by atoms with van der Waals surface area (Å²) in [5.41, 5.74) is 0.991. The number of rotatable bonds is 4. The molecule has 0 spiro atoms. The molecule has 2 amide bonds. The monoisotopic (exact) mass is 344 g/mol. The van der Waals surface area contributed by atoms with Gasteiger partial charge in [0, 0.05) is 52.1 Å². The molecule has 8 heteroatoms. The Bertz CT molecular complexity index is 738. The molecule has 8 nitrogen and oxygen atoms in total. The van der Waals surface area contributed by atoms with Crippen LogP contribution in [-0.4, -0.2) is 59.0 Å². The van der Waals surface area contributed by atoms with Crippen LogP contribution in [0.3, 0.4) is 0 Å². The van der Waals surface area contributed by atoms with Gasteiger partial charge in [-0.3, -0.25) is 10.00 Å². The minimum absolute atomic E-state index is 0.0425. The van der Waals surface area contributed by atoms with Crippen LogP contribution >= 0.6 is 0 Å². The molecule has 0 saturated carbocycles. The van der Waals surface area contributed by atoms with Crippen LogP contribution in [0.5, 0.6) is 5.75 Å². The second-order valence-electron chi connectivity index (χ2n) is 6.42. The lowest BCUT2D eigenvalue weighted by Gasteiger charge is -2.20. The smallest absolute Gasteiger partial charge is 0.323 e. The third-order valence-corrected chi connectivity index (χ3v) is 4.25. The average Bonchev–Trinajstić information content (AvgIpc) is 3.15. The highest BCUT2D eigenvalue weighted by Crippen LogP contribution is 2.26. The van der Waals surface area contributed by atoms with Gasteiger partial charge in [-0.1, -0.05) is 0 Å². The van der Waals surface area contributed by atoms with Crippen LogP contribution in [0.2, 0.25) is 0 Å². The number of nitrogens with one attached hydrogen (secondary N) is 1. The first-order valence-corrected chi connectivity index (χ1v) is 8.29. The van der Waals surface area contributed by atoms with Crippen LogP contribution in [0.15, 0.2) is 24.4 Å². The third-order valence-electron chi connectivity index (χ3n) is 4.25. The summed E-state index contributed by atoms with van der Waals surface area (Å²) >= 11 is 0. The fraction of sp³-hybridized carbons (Fsp3) is 0.471. The van der Waals surface area contributed by atoms with E-state index in [1.807, 2.05) is 51.2 Å². The average molecular weight is 344 g/mol. The first kappa shape index (κ1) is 17.1. The van der Waals surface area contributed by atoms with Crippen molar-refractivity contribution in [3.63, 3.8) is 0 Å². The predicted molar refractivity (Wildman–Crippen MR) is 96.1 cm³/mol. The Kier molecular flexibility index (Phi) is 4.78. The molecule has 1 aliphatic heterocycles. The maximum absolute atomic E-state index is 12.4. The number of pyridine rings is 1. The van der Waals surface area contributed by atoms with E-state index in [1.54, 1.807) is 15.8 Å². The van der Waals surface area contributed by atoms with Gasteiger partial charge in [-0.25, -0.2) is 9.78 Å². The Morgan fingerprint density at radius 2 is 2.24 bits per heavy atom. The minimum Gasteiger partial charge on any atom is -0.485 e. The molecule has 0 unspecified atom stereocenters. The first-order valence-electron chi connectivity index (χ1n) is 8.29. The summed E-state index contributed by atoms with van der Waals surface area (Å²) in [4.78, 5) is 20.4. The van der Waals surface area contributed by atoms with E-state index in [-0.39, 0.29) is 12.1 Å². The quantitative estimate of drug-likeness (QED) is 0.916. The van der Waals surface area contributed by atoms with E-state index >= 15 is 0 Å². The second kappa shape index (κ2) is 7.00. The molecule has 0 radical (unpaired) electrons. The number of urea groups is 1. The van der Waals surface area contributed by atoms with Crippen molar-refractivity contribution in [1.82, 2.24) is 19.7 Å². The Hall–Kier alpha value is -2.77. The van der Waals surface area contributed by atoms with Gasteiger partial charge in [-0.2, -0.15) is 5.10 Å². The summed E-state index contributed by atoms with van der Waals surface area (Å²) in [7, 11) is 5.71. The number of hydrogen-bond donors (Lipinski definition) is 1. The van der Waals surface area contributed by atoms with Gasteiger partial charge in [0.2, 0.25) is 0 Å². The number of amides is 2. The summed E-state index contributed by atoms with van der Waals surface area (Å²) in [5, 5.41) is 7.09. The summed E-state index contributed by atoms with van der Waals surface area (Å²) in [6.45, 7) is 3.14. The van der Waals surface area contributed by atoms with E-state index < -0.39 is 0 Å². The zero-order chi connectivity index (χ0) is 18.0. The molecule has 0 aromatic carbocycles. The summed E-state index contributed by atoms with van der Waals surface area (Å²) < 4.78 is 7.81. The molecule has 2 aromatic rings. The molecule has 1 aliphatic rings. The zero-order valence-corrected chi connectivity index (χ0v) is 15.1. The van der Waals surface area contributed by atoms with Gasteiger partial charge in [-0.15, -0.1) is 0 Å². The summed E-state index contributed by atoms with van der Waals surface area (Å²) in [6.07, 6.45) is 2.49. The number of nitrogens with zero attached hydrogens (tertiary/aromatic N) is 5. The minimum atomic E-state index is -0.150. The van der Waals surface area contributed by atoms with E-state index in [2.05, 4.69) is 15.4 Å². The van der Waals surface area contributed by atoms with Crippen LogP contribution in [0, 0.1) is 6.92 Å². The van der Waals surface area contributed by atoms with Gasteiger partial charge in [0.25, 0.3) is 0 Å². The number of hydrogen-bond acceptors (Lipinski definition) is 5. The molecule has 0 aliphatic carbocycles. The van der Waals surface area contributed by atoms with Gasteiger partial charge < -0.3 is 14.5 Å². The molecule has 3 rings (SSSR count). The van der Waals surface area contributed by atoms with Crippen molar-refractivity contribution in [2.45, 2.75) is 19.4 Å². The molecule has 1 N–H and O–H groups in total. The maximum Gasteiger partial charge on any atom is 0.323 e. The molecular weight excluding hydrogens is 320 g/mol. The van der Waals surface area contributed by atoms with Gasteiger partial charge in [0.1, 0.15) is 6.10 Å². The van der Waals surface area contributed by atoms with Gasteiger partial charge in [-0.05, 0) is 19.1 Å². The van der Waals surface area contributed by atoms with Crippen molar-refractivity contribution in [2.24, 2.45) is 7.05 Å². The van der Waals surface area contributed by atoms with Crippen molar-refractivity contribution in [2.75, 3.05) is 37.4 Å². The third kappa shape index (κ3) is 3.84. The number of carbonyl (C=O) groups is 1. The van der Waals surface area contributed by atoms with Crippen LogP contribution in [0.1, 0.15) is 12.1 Å². The fourth-order valence-electron chi connectivity index (χ4n) is 2.81. The number of anilines is 2. The Morgan fingerprint density at radius 3 is 2.92 bits per heavy atom. The van der Waals surface area contributed by atoms with Crippen molar-refractivity contribution in [3.05, 3.63) is 30.1 Å². The zero-order valence-electron chi connectivity index (χ0n) is 15.1. The molecule has 2 aromatic heterocycles. The molecule has 1 fully saturated rings. The number of carbonyl (C=O) groups excluding carboxylic acids is 1. The van der Waals surface area contributed by atoms with E-state index in [4.69, 9.17) is 4.74 Å². The topological polar surface area (TPSA) is 75.5 Å². The van der Waals surface area contributed by atoms with Gasteiger partial charge in [0.05, 0.1) is 6.54 Å². The molecule has 0 bridgehead atoms. The highest BCUT2D eigenvalue weighted by Gasteiger charge is 2.28. The lowest BCUT2D eigenvalue weighted by atomic mass is 10.3. The Balaban J connectivity index is 1.59. The number of ether oxygens (including phenoxy) is 1. The molecule has 1 saturated heterocycles. The normalized spacial score (nSPS) is 16.8. The second-order valence-corrected chi connectivity index (χ2v) is 6.42. The van der Waals surface area contributed by atoms with Gasteiger partial charge in [0.15, 0.2) is 17.4 Å². The lowest BCUT2D eigenvalue weighted by molar-refractivity contribution is 0.195. The van der Waals surface area contributed by atoms with Crippen molar-refractivity contribution in [1.29, 1.82) is 0 Å². The molecule has 25 heavy (non-hydrogen) atoms. The summed E-state index contributed by atoms with van der Waals surface area (Å²) in [6, 6.07) is 5.46. The highest BCUT2D eigenvalue weighted by molar-refractivity contribution is 5.88.